The molecule has 16 heavy (non-hydrogen) atoms. The van der Waals surface area contributed by atoms with Gasteiger partial charge in [0.2, 0.25) is 0 Å². The van der Waals surface area contributed by atoms with Gasteiger partial charge in [-0.3, -0.25) is 0 Å². The Bertz CT molecular complexity index is 326. The Morgan fingerprint density at radius 2 is 2.12 bits per heavy atom. The summed E-state index contributed by atoms with van der Waals surface area (Å²) in [6, 6.07) is 5.78. The molecule has 0 spiro atoms. The highest BCUT2D eigenvalue weighted by Gasteiger charge is 2.12. The van der Waals surface area contributed by atoms with Crippen molar-refractivity contribution in [3.05, 3.63) is 28.8 Å². The Labute approximate surface area is 108 Å². The minimum Gasteiger partial charge on any atom is -0.493 e. The second-order valence-electron chi connectivity index (χ2n) is 3.91. The highest BCUT2D eigenvalue weighted by Crippen LogP contribution is 2.31. The van der Waals surface area contributed by atoms with Gasteiger partial charge in [-0.1, -0.05) is 25.4 Å². The lowest BCUT2D eigenvalue weighted by atomic mass is 9.98. The molecule has 90 valence electrons. The number of halogens is 2. The number of rotatable bonds is 6. The molecule has 0 saturated carbocycles. The van der Waals surface area contributed by atoms with Gasteiger partial charge in [-0.05, 0) is 42.5 Å². The van der Waals surface area contributed by atoms with E-state index in [1.54, 1.807) is 0 Å². The molecule has 0 amide bonds. The Kier molecular flexibility index (Phi) is 6.00. The molecule has 1 unspecified atom stereocenters. The Balaban J connectivity index is 2.88. The largest absolute Gasteiger partial charge is 0.493 e. The lowest BCUT2D eigenvalue weighted by Crippen LogP contribution is -2.02. The molecule has 0 aromatic heterocycles. The van der Waals surface area contributed by atoms with E-state index in [0.717, 1.165) is 35.8 Å². The van der Waals surface area contributed by atoms with Crippen LogP contribution < -0.4 is 4.74 Å². The maximum absolute atomic E-state index is 6.01. The standard InChI is InChI=1S/C13H18Cl2O/c1-3-8-16-13-5-4-11(15)9-12(13)10(2)6-7-14/h4-5,9-10H,3,6-8H2,1-2H3. The summed E-state index contributed by atoms with van der Waals surface area (Å²) in [7, 11) is 0. The van der Waals surface area contributed by atoms with Crippen molar-refractivity contribution in [3.8, 4) is 5.75 Å². The molecule has 3 heteroatoms. The van der Waals surface area contributed by atoms with Crippen LogP contribution in [-0.4, -0.2) is 12.5 Å². The molecule has 0 heterocycles. The molecule has 0 radical (unpaired) electrons. The van der Waals surface area contributed by atoms with Crippen LogP contribution in [0.15, 0.2) is 18.2 Å². The van der Waals surface area contributed by atoms with Gasteiger partial charge in [-0.15, -0.1) is 11.6 Å². The molecule has 0 fully saturated rings. The highest BCUT2D eigenvalue weighted by molar-refractivity contribution is 6.30. The second-order valence-corrected chi connectivity index (χ2v) is 4.72. The topological polar surface area (TPSA) is 9.23 Å². The van der Waals surface area contributed by atoms with Gasteiger partial charge in [0, 0.05) is 10.9 Å². The summed E-state index contributed by atoms with van der Waals surface area (Å²) in [6.45, 7) is 4.98. The zero-order valence-electron chi connectivity index (χ0n) is 9.80. The predicted molar refractivity (Wildman–Crippen MR) is 71.0 cm³/mol. The third-order valence-corrected chi connectivity index (χ3v) is 2.96. The highest BCUT2D eigenvalue weighted by atomic mass is 35.5. The number of benzene rings is 1. The predicted octanol–water partition coefficient (Wildman–Crippen LogP) is 4.86. The first kappa shape index (κ1) is 13.7. The van der Waals surface area contributed by atoms with Gasteiger partial charge >= 0.3 is 0 Å². The van der Waals surface area contributed by atoms with E-state index in [1.165, 1.54) is 0 Å². The average molecular weight is 261 g/mol. The molecule has 0 aliphatic heterocycles. The second kappa shape index (κ2) is 7.03. The van der Waals surface area contributed by atoms with E-state index in [1.807, 2.05) is 18.2 Å². The molecule has 0 saturated heterocycles. The van der Waals surface area contributed by atoms with Crippen molar-refractivity contribution in [2.75, 3.05) is 12.5 Å². The summed E-state index contributed by atoms with van der Waals surface area (Å²) < 4.78 is 5.71. The summed E-state index contributed by atoms with van der Waals surface area (Å²) in [5, 5.41) is 0.750. The first-order valence-corrected chi connectivity index (χ1v) is 6.58. The zero-order valence-corrected chi connectivity index (χ0v) is 11.3. The van der Waals surface area contributed by atoms with Gasteiger partial charge in [0.15, 0.2) is 0 Å². The van der Waals surface area contributed by atoms with Crippen LogP contribution in [0.3, 0.4) is 0 Å². The molecule has 1 nitrogen and oxygen atoms in total. The number of alkyl halides is 1. The number of hydrogen-bond acceptors (Lipinski definition) is 1. The summed E-state index contributed by atoms with van der Waals surface area (Å²) in [4.78, 5) is 0. The molecule has 1 aromatic carbocycles. The van der Waals surface area contributed by atoms with Crippen molar-refractivity contribution < 1.29 is 4.74 Å². The van der Waals surface area contributed by atoms with Crippen molar-refractivity contribution in [1.82, 2.24) is 0 Å². The molecule has 1 rings (SSSR count). The van der Waals surface area contributed by atoms with Crippen LogP contribution in [0.1, 0.15) is 38.2 Å². The quantitative estimate of drug-likeness (QED) is 0.664. The van der Waals surface area contributed by atoms with Crippen LogP contribution in [0.4, 0.5) is 0 Å². The summed E-state index contributed by atoms with van der Waals surface area (Å²) in [5.74, 6) is 1.97. The first-order valence-electron chi connectivity index (χ1n) is 5.67. The first-order chi connectivity index (χ1) is 7.69. The van der Waals surface area contributed by atoms with E-state index >= 15 is 0 Å². The summed E-state index contributed by atoms with van der Waals surface area (Å²) in [6.07, 6.45) is 1.94. The Morgan fingerprint density at radius 3 is 2.75 bits per heavy atom. The van der Waals surface area contributed by atoms with Crippen molar-refractivity contribution in [2.45, 2.75) is 32.6 Å². The summed E-state index contributed by atoms with van der Waals surface area (Å²) in [5.41, 5.74) is 1.15. The van der Waals surface area contributed by atoms with E-state index < -0.39 is 0 Å². The van der Waals surface area contributed by atoms with Crippen LogP contribution in [0.25, 0.3) is 0 Å². The van der Waals surface area contributed by atoms with Crippen LogP contribution >= 0.6 is 23.2 Å². The fraction of sp³-hybridized carbons (Fsp3) is 0.538. The lowest BCUT2D eigenvalue weighted by molar-refractivity contribution is 0.312. The summed E-state index contributed by atoms with van der Waals surface area (Å²) >= 11 is 11.8. The monoisotopic (exact) mass is 260 g/mol. The van der Waals surface area contributed by atoms with E-state index in [2.05, 4.69) is 13.8 Å². The molecule has 0 aliphatic rings. The maximum atomic E-state index is 6.01. The molecule has 1 aromatic rings. The number of hydrogen-bond donors (Lipinski definition) is 0. The smallest absolute Gasteiger partial charge is 0.122 e. The van der Waals surface area contributed by atoms with E-state index in [9.17, 15) is 0 Å². The average Bonchev–Trinajstić information content (AvgIpc) is 2.27. The van der Waals surface area contributed by atoms with Crippen molar-refractivity contribution >= 4 is 23.2 Å². The van der Waals surface area contributed by atoms with Crippen LogP contribution in [-0.2, 0) is 0 Å². The van der Waals surface area contributed by atoms with E-state index in [4.69, 9.17) is 27.9 Å². The SMILES string of the molecule is CCCOc1ccc(Cl)cc1C(C)CCCl. The van der Waals surface area contributed by atoms with Gasteiger partial charge in [0.05, 0.1) is 6.61 Å². The van der Waals surface area contributed by atoms with Gasteiger partial charge in [0.1, 0.15) is 5.75 Å². The van der Waals surface area contributed by atoms with Crippen molar-refractivity contribution in [3.63, 3.8) is 0 Å². The molecule has 0 bridgehead atoms. The minimum atomic E-state index is 0.378. The fourth-order valence-electron chi connectivity index (χ4n) is 1.57. The fourth-order valence-corrected chi connectivity index (χ4v) is 2.07. The molecular formula is C13H18Cl2O. The van der Waals surface area contributed by atoms with Crippen LogP contribution in [0.2, 0.25) is 5.02 Å². The van der Waals surface area contributed by atoms with Gasteiger partial charge < -0.3 is 4.74 Å². The van der Waals surface area contributed by atoms with Gasteiger partial charge in [0.25, 0.3) is 0 Å². The molecule has 0 N–H and O–H groups in total. The molecule has 1 atom stereocenters. The maximum Gasteiger partial charge on any atom is 0.122 e. The van der Waals surface area contributed by atoms with E-state index in [0.29, 0.717) is 11.8 Å². The Morgan fingerprint density at radius 1 is 1.38 bits per heavy atom. The minimum absolute atomic E-state index is 0.378. The lowest BCUT2D eigenvalue weighted by Gasteiger charge is -2.16. The van der Waals surface area contributed by atoms with Crippen molar-refractivity contribution in [2.24, 2.45) is 0 Å². The zero-order chi connectivity index (χ0) is 12.0. The van der Waals surface area contributed by atoms with Crippen molar-refractivity contribution in [1.29, 1.82) is 0 Å². The normalized spacial score (nSPS) is 12.5. The van der Waals surface area contributed by atoms with E-state index in [-0.39, 0.29) is 0 Å². The van der Waals surface area contributed by atoms with Crippen LogP contribution in [0, 0.1) is 0 Å². The van der Waals surface area contributed by atoms with Gasteiger partial charge in [-0.2, -0.15) is 0 Å². The third kappa shape index (κ3) is 3.88. The Hall–Kier alpha value is -0.400. The molecule has 0 aliphatic carbocycles. The third-order valence-electron chi connectivity index (χ3n) is 2.51. The van der Waals surface area contributed by atoms with Crippen LogP contribution in [0.5, 0.6) is 5.75 Å². The molecular weight excluding hydrogens is 243 g/mol. The number of ether oxygens (including phenoxy) is 1. The van der Waals surface area contributed by atoms with Gasteiger partial charge in [-0.25, -0.2) is 0 Å².